The molecule has 208 valence electrons. The van der Waals surface area contributed by atoms with Gasteiger partial charge in [0.15, 0.2) is 5.78 Å². The Labute approximate surface area is 235 Å². The minimum absolute atomic E-state index is 0.0407. The Balaban J connectivity index is 1.39. The van der Waals surface area contributed by atoms with E-state index in [0.717, 1.165) is 48.4 Å². The second-order valence-corrected chi connectivity index (χ2v) is 11.6. The molecule has 40 heavy (non-hydrogen) atoms. The van der Waals surface area contributed by atoms with Crippen LogP contribution in [0.2, 0.25) is 0 Å². The summed E-state index contributed by atoms with van der Waals surface area (Å²) in [7, 11) is 0. The number of nitrogens with zero attached hydrogens (tertiary/aromatic N) is 2. The second kappa shape index (κ2) is 11.5. The number of furan rings is 1. The van der Waals surface area contributed by atoms with E-state index in [-0.39, 0.29) is 29.1 Å². The molecule has 1 unspecified atom stereocenters. The van der Waals surface area contributed by atoms with Gasteiger partial charge in [-0.15, -0.1) is 0 Å². The molecule has 8 heteroatoms. The molecule has 5 rings (SSSR count). The van der Waals surface area contributed by atoms with Gasteiger partial charge in [-0.3, -0.25) is 10.1 Å². The van der Waals surface area contributed by atoms with Crippen molar-refractivity contribution in [3.63, 3.8) is 0 Å². The molecular weight excluding hydrogens is 502 g/mol. The van der Waals surface area contributed by atoms with E-state index >= 15 is 0 Å². The average Bonchev–Trinajstić information content (AvgIpc) is 3.61. The Morgan fingerprint density at radius 2 is 1.77 bits per heavy atom. The third-order valence-electron chi connectivity index (χ3n) is 7.44. The topological polar surface area (TPSA) is 101 Å². The molecule has 8 nitrogen and oxygen atoms in total. The summed E-state index contributed by atoms with van der Waals surface area (Å²) in [6.07, 6.45) is 4.85. The molecule has 0 saturated carbocycles. The van der Waals surface area contributed by atoms with Crippen molar-refractivity contribution in [2.45, 2.75) is 51.9 Å². The van der Waals surface area contributed by atoms with E-state index in [1.165, 1.54) is 12.5 Å². The number of rotatable bonds is 7. The number of Topliss-reactive ketones (excluding diaryl/α,β-unsaturated/α-hetero) is 1. The lowest BCUT2D eigenvalue weighted by molar-refractivity contribution is 0.0915. The van der Waals surface area contributed by atoms with Crippen LogP contribution in [0.25, 0.3) is 5.69 Å². The number of carbonyl (C=O) groups is 2. The van der Waals surface area contributed by atoms with Crippen molar-refractivity contribution in [2.24, 2.45) is 5.92 Å². The van der Waals surface area contributed by atoms with Crippen LogP contribution in [0.15, 0.2) is 77.6 Å². The van der Waals surface area contributed by atoms with Gasteiger partial charge in [-0.1, -0.05) is 50.6 Å². The highest BCUT2D eigenvalue weighted by molar-refractivity contribution is 6.02. The SMILES string of the molecule is Cc1ccc(-n2nc(C(C)(C)C)cc2NC(=O)Nc2cccc(C(C(=O)c3ccoc3)C3CCNCC3)c2)cc1. The van der Waals surface area contributed by atoms with Crippen LogP contribution < -0.4 is 16.0 Å². The molecule has 2 amide bonds. The molecule has 0 bridgehead atoms. The quantitative estimate of drug-likeness (QED) is 0.227. The van der Waals surface area contributed by atoms with Crippen LogP contribution in [-0.2, 0) is 5.41 Å². The van der Waals surface area contributed by atoms with Gasteiger partial charge in [-0.05, 0) is 74.7 Å². The van der Waals surface area contributed by atoms with E-state index in [0.29, 0.717) is 17.1 Å². The summed E-state index contributed by atoms with van der Waals surface area (Å²) in [5.74, 6) is 0.498. The van der Waals surface area contributed by atoms with Crippen LogP contribution in [0.4, 0.5) is 16.3 Å². The van der Waals surface area contributed by atoms with Gasteiger partial charge < -0.3 is 15.1 Å². The lowest BCUT2D eigenvalue weighted by atomic mass is 9.76. The molecule has 2 aromatic carbocycles. The van der Waals surface area contributed by atoms with Gasteiger partial charge >= 0.3 is 6.03 Å². The third kappa shape index (κ3) is 6.18. The predicted molar refractivity (Wildman–Crippen MR) is 157 cm³/mol. The molecule has 3 heterocycles. The summed E-state index contributed by atoms with van der Waals surface area (Å²) >= 11 is 0. The smallest absolute Gasteiger partial charge is 0.324 e. The molecule has 1 aliphatic heterocycles. The van der Waals surface area contributed by atoms with Gasteiger partial charge in [0.25, 0.3) is 0 Å². The fourth-order valence-electron chi connectivity index (χ4n) is 5.21. The zero-order chi connectivity index (χ0) is 28.3. The fraction of sp³-hybridized carbons (Fsp3) is 0.344. The van der Waals surface area contributed by atoms with Crippen molar-refractivity contribution in [3.8, 4) is 5.69 Å². The first-order valence-corrected chi connectivity index (χ1v) is 13.8. The number of benzene rings is 2. The highest BCUT2D eigenvalue weighted by atomic mass is 16.3. The van der Waals surface area contributed by atoms with Crippen LogP contribution in [-0.4, -0.2) is 34.7 Å². The molecule has 1 saturated heterocycles. The molecule has 0 aliphatic carbocycles. The summed E-state index contributed by atoms with van der Waals surface area (Å²) in [5.41, 5.74) is 4.75. The summed E-state index contributed by atoms with van der Waals surface area (Å²) in [6, 6.07) is 18.8. The Hall–Kier alpha value is -4.17. The zero-order valence-corrected chi connectivity index (χ0v) is 23.5. The molecule has 4 aromatic rings. The predicted octanol–water partition coefficient (Wildman–Crippen LogP) is 6.68. The Bertz CT molecular complexity index is 1460. The van der Waals surface area contributed by atoms with Gasteiger partial charge in [0.2, 0.25) is 0 Å². The Kier molecular flexibility index (Phi) is 7.89. The Morgan fingerprint density at radius 3 is 2.45 bits per heavy atom. The fourth-order valence-corrected chi connectivity index (χ4v) is 5.21. The highest BCUT2D eigenvalue weighted by Gasteiger charge is 2.32. The maximum absolute atomic E-state index is 13.6. The van der Waals surface area contributed by atoms with E-state index in [4.69, 9.17) is 9.52 Å². The second-order valence-electron chi connectivity index (χ2n) is 11.6. The standard InChI is InChI=1S/C32H37N5O3/c1-21-8-10-26(11-9-21)37-28(19-27(36-37)32(2,3)4)35-31(39)34-25-7-5-6-23(18-25)29(22-12-15-33-16-13-22)30(38)24-14-17-40-20-24/h5-11,14,17-20,22,29,33H,12-13,15-16H2,1-4H3,(H2,34,35,39). The number of aryl methyl sites for hydroxylation is 1. The number of aromatic nitrogens is 2. The van der Waals surface area contributed by atoms with Crippen molar-refractivity contribution in [3.05, 3.63) is 95.6 Å². The molecule has 1 fully saturated rings. The van der Waals surface area contributed by atoms with E-state index in [1.54, 1.807) is 10.7 Å². The van der Waals surface area contributed by atoms with Crippen LogP contribution in [0.1, 0.15) is 66.7 Å². The van der Waals surface area contributed by atoms with Gasteiger partial charge in [-0.2, -0.15) is 5.10 Å². The first-order valence-electron chi connectivity index (χ1n) is 13.8. The normalized spacial score (nSPS) is 15.0. The minimum Gasteiger partial charge on any atom is -0.472 e. The highest BCUT2D eigenvalue weighted by Crippen LogP contribution is 2.35. The number of carbonyl (C=O) groups excluding carboxylic acids is 2. The molecule has 2 aromatic heterocycles. The number of hydrogen-bond acceptors (Lipinski definition) is 5. The van der Waals surface area contributed by atoms with Crippen LogP contribution in [0.5, 0.6) is 0 Å². The average molecular weight is 540 g/mol. The molecule has 1 atom stereocenters. The van der Waals surface area contributed by atoms with E-state index in [1.807, 2.05) is 61.5 Å². The number of ketones is 1. The number of piperidine rings is 1. The largest absolute Gasteiger partial charge is 0.472 e. The van der Waals surface area contributed by atoms with E-state index < -0.39 is 0 Å². The zero-order valence-electron chi connectivity index (χ0n) is 23.5. The third-order valence-corrected chi connectivity index (χ3v) is 7.44. The summed E-state index contributed by atoms with van der Waals surface area (Å²) < 4.78 is 6.96. The molecule has 0 radical (unpaired) electrons. The van der Waals surface area contributed by atoms with E-state index in [9.17, 15) is 9.59 Å². The van der Waals surface area contributed by atoms with Crippen molar-refractivity contribution in [2.75, 3.05) is 23.7 Å². The van der Waals surface area contributed by atoms with Crippen LogP contribution in [0.3, 0.4) is 0 Å². The van der Waals surface area contributed by atoms with Gasteiger partial charge in [-0.25, -0.2) is 9.48 Å². The maximum Gasteiger partial charge on any atom is 0.324 e. The molecular formula is C32H37N5O3. The van der Waals surface area contributed by atoms with Gasteiger partial charge in [0, 0.05) is 17.2 Å². The molecule has 3 N–H and O–H groups in total. The molecule has 0 spiro atoms. The number of anilines is 2. The number of amides is 2. The van der Waals surface area contributed by atoms with Crippen LogP contribution in [0, 0.1) is 12.8 Å². The maximum atomic E-state index is 13.6. The van der Waals surface area contributed by atoms with Crippen molar-refractivity contribution >= 4 is 23.3 Å². The van der Waals surface area contributed by atoms with Crippen LogP contribution >= 0.6 is 0 Å². The minimum atomic E-state index is -0.384. The summed E-state index contributed by atoms with van der Waals surface area (Å²) in [4.78, 5) is 26.8. The number of hydrogen-bond donors (Lipinski definition) is 3. The first-order chi connectivity index (χ1) is 19.2. The monoisotopic (exact) mass is 539 g/mol. The number of nitrogens with one attached hydrogen (secondary N) is 3. The summed E-state index contributed by atoms with van der Waals surface area (Å²) in [6.45, 7) is 10.1. The number of urea groups is 1. The first kappa shape index (κ1) is 27.4. The van der Waals surface area contributed by atoms with Crippen molar-refractivity contribution in [1.29, 1.82) is 0 Å². The lowest BCUT2D eigenvalue weighted by Gasteiger charge is -2.30. The Morgan fingerprint density at radius 1 is 1.02 bits per heavy atom. The van der Waals surface area contributed by atoms with Crippen molar-refractivity contribution < 1.29 is 14.0 Å². The summed E-state index contributed by atoms with van der Waals surface area (Å²) in [5, 5.41) is 14.1. The van der Waals surface area contributed by atoms with E-state index in [2.05, 4.69) is 36.7 Å². The van der Waals surface area contributed by atoms with Gasteiger partial charge in [0.05, 0.1) is 29.1 Å². The van der Waals surface area contributed by atoms with Gasteiger partial charge in [0.1, 0.15) is 12.1 Å². The molecule has 1 aliphatic rings. The lowest BCUT2D eigenvalue weighted by Crippen LogP contribution is -2.33. The van der Waals surface area contributed by atoms with Crippen molar-refractivity contribution in [1.82, 2.24) is 15.1 Å².